The number of hydrogen-bond acceptors (Lipinski definition) is 2. The normalized spacial score (nSPS) is 10.1. The zero-order valence-electron chi connectivity index (χ0n) is 8.69. The second kappa shape index (κ2) is 4.90. The summed E-state index contributed by atoms with van der Waals surface area (Å²) in [6, 6.07) is 15.0. The second-order valence-electron chi connectivity index (χ2n) is 3.49. The molecule has 3 heteroatoms. The zero-order valence-corrected chi connectivity index (χ0v) is 9.45. The lowest BCUT2D eigenvalue weighted by atomic mass is 10.2. The third-order valence-corrected chi connectivity index (χ3v) is 2.39. The van der Waals surface area contributed by atoms with Crippen LogP contribution in [0.25, 0.3) is 0 Å². The fraction of sp³-hybridized carbons (Fsp3) is 0.0769. The number of anilines is 1. The molecule has 0 atom stereocenters. The Balaban J connectivity index is 2.02. The van der Waals surface area contributed by atoms with E-state index < -0.39 is 0 Å². The minimum atomic E-state index is 0.491. The van der Waals surface area contributed by atoms with Gasteiger partial charge in [-0.3, -0.25) is 0 Å². The monoisotopic (exact) mass is 233 g/mol. The van der Waals surface area contributed by atoms with Gasteiger partial charge in [0.2, 0.25) is 0 Å². The maximum absolute atomic E-state index is 5.85. The molecule has 0 radical (unpaired) electrons. The number of halogens is 1. The maximum atomic E-state index is 5.85. The lowest BCUT2D eigenvalue weighted by Crippen LogP contribution is -1.96. The highest BCUT2D eigenvalue weighted by molar-refractivity contribution is 6.30. The molecule has 16 heavy (non-hydrogen) atoms. The summed E-state index contributed by atoms with van der Waals surface area (Å²) in [7, 11) is 0. The number of ether oxygens (including phenoxy) is 1. The Morgan fingerprint density at radius 3 is 2.62 bits per heavy atom. The minimum absolute atomic E-state index is 0.491. The molecule has 0 aliphatic carbocycles. The van der Waals surface area contributed by atoms with Crippen LogP contribution in [-0.4, -0.2) is 0 Å². The van der Waals surface area contributed by atoms with E-state index in [0.717, 1.165) is 17.0 Å². The summed E-state index contributed by atoms with van der Waals surface area (Å²) < 4.78 is 5.59. The van der Waals surface area contributed by atoms with E-state index in [0.29, 0.717) is 11.6 Å². The lowest BCUT2D eigenvalue weighted by Gasteiger charge is -2.06. The summed E-state index contributed by atoms with van der Waals surface area (Å²) >= 11 is 5.85. The highest BCUT2D eigenvalue weighted by atomic mass is 35.5. The van der Waals surface area contributed by atoms with Crippen LogP contribution in [-0.2, 0) is 6.61 Å². The first-order valence-corrected chi connectivity index (χ1v) is 5.34. The molecule has 0 saturated carbocycles. The molecular weight excluding hydrogens is 222 g/mol. The van der Waals surface area contributed by atoms with Gasteiger partial charge in [0, 0.05) is 10.7 Å². The van der Waals surface area contributed by atoms with Gasteiger partial charge >= 0.3 is 0 Å². The summed E-state index contributed by atoms with van der Waals surface area (Å²) in [6.07, 6.45) is 0. The SMILES string of the molecule is Nc1cccc(COc2cccc(Cl)c2)c1. The van der Waals surface area contributed by atoms with E-state index in [4.69, 9.17) is 22.1 Å². The molecule has 0 spiro atoms. The van der Waals surface area contributed by atoms with Gasteiger partial charge in [0.15, 0.2) is 0 Å². The van der Waals surface area contributed by atoms with Gasteiger partial charge in [-0.15, -0.1) is 0 Å². The highest BCUT2D eigenvalue weighted by Gasteiger charge is 1.97. The van der Waals surface area contributed by atoms with E-state index in [9.17, 15) is 0 Å². The first-order chi connectivity index (χ1) is 7.74. The van der Waals surface area contributed by atoms with Gasteiger partial charge in [-0.25, -0.2) is 0 Å². The van der Waals surface area contributed by atoms with Crippen molar-refractivity contribution in [3.63, 3.8) is 0 Å². The molecule has 0 amide bonds. The summed E-state index contributed by atoms with van der Waals surface area (Å²) in [5.41, 5.74) is 7.46. The molecule has 2 aromatic carbocycles. The van der Waals surface area contributed by atoms with Crippen molar-refractivity contribution in [2.75, 3.05) is 5.73 Å². The van der Waals surface area contributed by atoms with Gasteiger partial charge < -0.3 is 10.5 Å². The van der Waals surface area contributed by atoms with Crippen LogP contribution in [0.15, 0.2) is 48.5 Å². The fourth-order valence-corrected chi connectivity index (χ4v) is 1.59. The van der Waals surface area contributed by atoms with Crippen molar-refractivity contribution in [1.29, 1.82) is 0 Å². The first-order valence-electron chi connectivity index (χ1n) is 4.97. The zero-order chi connectivity index (χ0) is 11.4. The molecule has 2 N–H and O–H groups in total. The van der Waals surface area contributed by atoms with E-state index >= 15 is 0 Å². The van der Waals surface area contributed by atoms with Gasteiger partial charge in [-0.2, -0.15) is 0 Å². The van der Waals surface area contributed by atoms with Crippen LogP contribution in [0, 0.1) is 0 Å². The van der Waals surface area contributed by atoms with Crippen molar-refractivity contribution in [1.82, 2.24) is 0 Å². The molecule has 0 unspecified atom stereocenters. The molecule has 0 aliphatic heterocycles. The first kappa shape index (κ1) is 10.8. The number of nitrogens with two attached hydrogens (primary N) is 1. The molecular formula is C13H12ClNO. The van der Waals surface area contributed by atoms with Gasteiger partial charge in [-0.05, 0) is 35.9 Å². The predicted molar refractivity (Wildman–Crippen MR) is 66.6 cm³/mol. The third kappa shape index (κ3) is 2.91. The Morgan fingerprint density at radius 1 is 1.06 bits per heavy atom. The van der Waals surface area contributed by atoms with E-state index in [1.54, 1.807) is 6.07 Å². The second-order valence-corrected chi connectivity index (χ2v) is 3.93. The fourth-order valence-electron chi connectivity index (χ4n) is 1.41. The van der Waals surface area contributed by atoms with E-state index in [1.807, 2.05) is 42.5 Å². The van der Waals surface area contributed by atoms with Gasteiger partial charge in [0.25, 0.3) is 0 Å². The summed E-state index contributed by atoms with van der Waals surface area (Å²) in [6.45, 7) is 0.491. The largest absolute Gasteiger partial charge is 0.489 e. The van der Waals surface area contributed by atoms with E-state index in [2.05, 4.69) is 0 Å². The molecule has 0 bridgehead atoms. The minimum Gasteiger partial charge on any atom is -0.489 e. The van der Waals surface area contributed by atoms with E-state index in [-0.39, 0.29) is 0 Å². The van der Waals surface area contributed by atoms with Crippen LogP contribution >= 0.6 is 11.6 Å². The average molecular weight is 234 g/mol. The lowest BCUT2D eigenvalue weighted by molar-refractivity contribution is 0.306. The molecule has 0 fully saturated rings. The van der Waals surface area contributed by atoms with Crippen molar-refractivity contribution in [2.24, 2.45) is 0 Å². The molecule has 2 aromatic rings. The van der Waals surface area contributed by atoms with Crippen LogP contribution in [0.2, 0.25) is 5.02 Å². The van der Waals surface area contributed by atoms with Crippen LogP contribution in [0.3, 0.4) is 0 Å². The average Bonchev–Trinajstić information content (AvgIpc) is 2.27. The Labute approximate surface area is 99.6 Å². The molecule has 0 aromatic heterocycles. The molecule has 0 heterocycles. The smallest absolute Gasteiger partial charge is 0.121 e. The van der Waals surface area contributed by atoms with Gasteiger partial charge in [0.1, 0.15) is 12.4 Å². The van der Waals surface area contributed by atoms with Crippen LogP contribution in [0.4, 0.5) is 5.69 Å². The molecule has 2 nitrogen and oxygen atoms in total. The van der Waals surface area contributed by atoms with Crippen molar-refractivity contribution < 1.29 is 4.74 Å². The Morgan fingerprint density at radius 2 is 1.88 bits per heavy atom. The molecule has 0 saturated heterocycles. The Hall–Kier alpha value is -1.67. The Kier molecular flexibility index (Phi) is 3.32. The van der Waals surface area contributed by atoms with Crippen molar-refractivity contribution >= 4 is 17.3 Å². The van der Waals surface area contributed by atoms with Crippen LogP contribution < -0.4 is 10.5 Å². The molecule has 2 rings (SSSR count). The number of benzene rings is 2. The summed E-state index contributed by atoms with van der Waals surface area (Å²) in [5.74, 6) is 0.759. The van der Waals surface area contributed by atoms with Crippen molar-refractivity contribution in [3.8, 4) is 5.75 Å². The van der Waals surface area contributed by atoms with Gasteiger partial charge in [-0.1, -0.05) is 29.8 Å². The van der Waals surface area contributed by atoms with Crippen molar-refractivity contribution in [2.45, 2.75) is 6.61 Å². The van der Waals surface area contributed by atoms with Crippen molar-refractivity contribution in [3.05, 3.63) is 59.1 Å². The van der Waals surface area contributed by atoms with E-state index in [1.165, 1.54) is 0 Å². The van der Waals surface area contributed by atoms with Crippen LogP contribution in [0.1, 0.15) is 5.56 Å². The van der Waals surface area contributed by atoms with Gasteiger partial charge in [0.05, 0.1) is 0 Å². The summed E-state index contributed by atoms with van der Waals surface area (Å²) in [4.78, 5) is 0. The highest BCUT2D eigenvalue weighted by Crippen LogP contribution is 2.18. The quantitative estimate of drug-likeness (QED) is 0.824. The third-order valence-electron chi connectivity index (χ3n) is 2.15. The number of hydrogen-bond donors (Lipinski definition) is 1. The molecule has 82 valence electrons. The van der Waals surface area contributed by atoms with Crippen LogP contribution in [0.5, 0.6) is 5.75 Å². The Bertz CT molecular complexity index is 439. The standard InChI is InChI=1S/C13H12ClNO/c14-11-4-2-6-13(8-11)16-9-10-3-1-5-12(15)7-10/h1-8H,9,15H2. The molecule has 0 aliphatic rings. The topological polar surface area (TPSA) is 35.2 Å². The summed E-state index contributed by atoms with van der Waals surface area (Å²) in [5, 5.41) is 0.671. The number of rotatable bonds is 3. The predicted octanol–water partition coefficient (Wildman–Crippen LogP) is 3.50. The maximum Gasteiger partial charge on any atom is 0.121 e. The number of nitrogen functional groups attached to an aromatic ring is 1.